The maximum atomic E-state index is 4.43. The van der Waals surface area contributed by atoms with Crippen molar-refractivity contribution in [2.45, 2.75) is 13.8 Å². The van der Waals surface area contributed by atoms with E-state index >= 15 is 0 Å². The molecule has 0 aliphatic heterocycles. The van der Waals surface area contributed by atoms with E-state index in [2.05, 4.69) is 94.3 Å². The lowest BCUT2D eigenvalue weighted by molar-refractivity contribution is 1.13. The minimum absolute atomic E-state index is 0.904. The van der Waals surface area contributed by atoms with Gasteiger partial charge in [-0.25, -0.2) is 9.97 Å². The van der Waals surface area contributed by atoms with Gasteiger partial charge in [-0.2, -0.15) is 0 Å². The van der Waals surface area contributed by atoms with Gasteiger partial charge < -0.3 is 9.80 Å². The summed E-state index contributed by atoms with van der Waals surface area (Å²) in [5, 5.41) is 0. The van der Waals surface area contributed by atoms with Gasteiger partial charge in [-0.3, -0.25) is 0 Å². The molecule has 4 heteroatoms. The molecule has 1 heterocycles. The van der Waals surface area contributed by atoms with E-state index in [1.165, 1.54) is 33.6 Å². The van der Waals surface area contributed by atoms with Crippen LogP contribution >= 0.6 is 0 Å². The summed E-state index contributed by atoms with van der Waals surface area (Å²) in [4.78, 5) is 13.1. The Labute approximate surface area is 180 Å². The third kappa shape index (κ3) is 5.35. The van der Waals surface area contributed by atoms with Crippen LogP contribution in [-0.2, 0) is 0 Å². The van der Waals surface area contributed by atoms with Crippen molar-refractivity contribution in [1.82, 2.24) is 9.97 Å². The summed E-state index contributed by atoms with van der Waals surface area (Å²) in [5.41, 5.74) is 8.91. The van der Waals surface area contributed by atoms with E-state index in [0.717, 1.165) is 11.4 Å². The highest BCUT2D eigenvalue weighted by Gasteiger charge is 2.02. The molecule has 0 saturated carbocycles. The second-order valence-corrected chi connectivity index (χ2v) is 7.91. The monoisotopic (exact) mass is 398 g/mol. The fraction of sp³-hybridized carbons (Fsp3) is 0.231. The van der Waals surface area contributed by atoms with Crippen LogP contribution in [0.4, 0.5) is 11.4 Å². The fourth-order valence-electron chi connectivity index (χ4n) is 3.20. The van der Waals surface area contributed by atoms with Crippen LogP contribution in [0, 0.1) is 0 Å². The lowest BCUT2D eigenvalue weighted by Gasteiger charge is -2.13. The molecule has 0 aliphatic carbocycles. The minimum atomic E-state index is 0.904. The molecule has 0 saturated heterocycles. The molecule has 0 bridgehead atoms. The Hall–Kier alpha value is -3.40. The molecule has 0 fully saturated rings. The normalized spacial score (nSPS) is 12.1. The number of benzene rings is 2. The van der Waals surface area contributed by atoms with E-state index in [4.69, 9.17) is 0 Å². The summed E-state index contributed by atoms with van der Waals surface area (Å²) >= 11 is 0. The lowest BCUT2D eigenvalue weighted by atomic mass is 10.0. The van der Waals surface area contributed by atoms with Crippen LogP contribution in [0.2, 0.25) is 0 Å². The van der Waals surface area contributed by atoms with E-state index in [9.17, 15) is 0 Å². The number of allylic oxidation sites excluding steroid dienone is 2. The molecule has 0 unspecified atom stereocenters. The Morgan fingerprint density at radius 3 is 1.33 bits per heavy atom. The van der Waals surface area contributed by atoms with Gasteiger partial charge in [0.05, 0.1) is 11.4 Å². The van der Waals surface area contributed by atoms with Gasteiger partial charge in [0, 0.05) is 39.6 Å². The van der Waals surface area contributed by atoms with Crippen LogP contribution in [-0.4, -0.2) is 38.2 Å². The van der Waals surface area contributed by atoms with Gasteiger partial charge in [0.1, 0.15) is 6.33 Å². The van der Waals surface area contributed by atoms with Gasteiger partial charge in [0.2, 0.25) is 0 Å². The summed E-state index contributed by atoms with van der Waals surface area (Å²) in [6.45, 7) is 4.22. The third-order valence-corrected chi connectivity index (χ3v) is 5.12. The smallest absolute Gasteiger partial charge is 0.116 e. The Morgan fingerprint density at radius 1 is 0.633 bits per heavy atom. The maximum absolute atomic E-state index is 4.43. The number of anilines is 2. The third-order valence-electron chi connectivity index (χ3n) is 5.12. The van der Waals surface area contributed by atoms with Crippen molar-refractivity contribution in [2.24, 2.45) is 0 Å². The Morgan fingerprint density at radius 2 is 1.00 bits per heavy atom. The molecule has 1 aromatic heterocycles. The predicted octanol–water partition coefficient (Wildman–Crippen LogP) is 5.73. The van der Waals surface area contributed by atoms with Gasteiger partial charge in [0.25, 0.3) is 0 Å². The molecule has 30 heavy (non-hydrogen) atoms. The van der Waals surface area contributed by atoms with Gasteiger partial charge in [-0.1, -0.05) is 24.3 Å². The molecular weight excluding hydrogens is 368 g/mol. The van der Waals surface area contributed by atoms with Crippen molar-refractivity contribution in [1.29, 1.82) is 0 Å². The number of hydrogen-bond donors (Lipinski definition) is 0. The topological polar surface area (TPSA) is 32.3 Å². The summed E-state index contributed by atoms with van der Waals surface area (Å²) in [5.74, 6) is 0. The van der Waals surface area contributed by atoms with Crippen molar-refractivity contribution in [3.63, 3.8) is 0 Å². The number of rotatable bonds is 6. The molecule has 4 nitrogen and oxygen atoms in total. The molecule has 0 aliphatic rings. The van der Waals surface area contributed by atoms with Crippen molar-refractivity contribution in [2.75, 3.05) is 38.0 Å². The average molecular weight is 399 g/mol. The highest BCUT2D eigenvalue weighted by Crippen LogP contribution is 2.22. The van der Waals surface area contributed by atoms with Gasteiger partial charge >= 0.3 is 0 Å². The minimum Gasteiger partial charge on any atom is -0.378 e. The molecule has 0 amide bonds. The van der Waals surface area contributed by atoms with E-state index in [1.807, 2.05) is 34.3 Å². The zero-order valence-corrected chi connectivity index (χ0v) is 18.7. The van der Waals surface area contributed by atoms with Crippen LogP contribution in [0.3, 0.4) is 0 Å². The summed E-state index contributed by atoms with van der Waals surface area (Å²) < 4.78 is 0. The standard InChI is InChI=1S/C26H30N4/c1-19(21-7-11-25(12-8-21)29(3)4)15-23-17-24(28-18-27-23)16-20(2)22-9-13-26(14-10-22)30(5)6/h7-18H,1-6H3. The Balaban J connectivity index is 1.81. The zero-order chi connectivity index (χ0) is 21.7. The van der Waals surface area contributed by atoms with E-state index in [1.54, 1.807) is 6.33 Å². The van der Waals surface area contributed by atoms with Crippen LogP contribution in [0.15, 0.2) is 60.9 Å². The SMILES string of the molecule is CC(=Cc1cc(C=C(C)c2ccc(N(C)C)cc2)ncn1)c1ccc(N(C)C)cc1. The molecule has 0 radical (unpaired) electrons. The molecule has 3 rings (SSSR count). The van der Waals surface area contributed by atoms with E-state index in [-0.39, 0.29) is 0 Å². The molecule has 0 atom stereocenters. The van der Waals surface area contributed by atoms with Crippen molar-refractivity contribution >= 4 is 34.7 Å². The van der Waals surface area contributed by atoms with Crippen LogP contribution < -0.4 is 9.80 Å². The summed E-state index contributed by atoms with van der Waals surface area (Å²) in [6, 6.07) is 19.1. The van der Waals surface area contributed by atoms with Crippen LogP contribution in [0.1, 0.15) is 36.4 Å². The molecule has 0 N–H and O–H groups in total. The van der Waals surface area contributed by atoms with Crippen molar-refractivity contribution < 1.29 is 0 Å². The quantitative estimate of drug-likeness (QED) is 0.531. The lowest BCUT2D eigenvalue weighted by Crippen LogP contribution is -2.08. The van der Waals surface area contributed by atoms with Gasteiger partial charge in [0.15, 0.2) is 0 Å². The molecule has 154 valence electrons. The number of aromatic nitrogens is 2. The first-order chi connectivity index (χ1) is 14.3. The van der Waals surface area contributed by atoms with E-state index < -0.39 is 0 Å². The first kappa shape index (κ1) is 21.3. The molecule has 0 spiro atoms. The van der Waals surface area contributed by atoms with Gasteiger partial charge in [-0.05, 0) is 78.6 Å². The predicted molar refractivity (Wildman–Crippen MR) is 131 cm³/mol. The first-order valence-electron chi connectivity index (χ1n) is 10.1. The largest absolute Gasteiger partial charge is 0.378 e. The average Bonchev–Trinajstić information content (AvgIpc) is 2.74. The fourth-order valence-corrected chi connectivity index (χ4v) is 3.20. The summed E-state index contributed by atoms with van der Waals surface area (Å²) in [7, 11) is 8.19. The second-order valence-electron chi connectivity index (χ2n) is 7.91. The van der Waals surface area contributed by atoms with Crippen molar-refractivity contribution in [3.8, 4) is 0 Å². The highest BCUT2D eigenvalue weighted by atomic mass is 15.1. The maximum Gasteiger partial charge on any atom is 0.116 e. The Kier molecular flexibility index (Phi) is 6.68. The Bertz CT molecular complexity index is 960. The van der Waals surface area contributed by atoms with E-state index in [0.29, 0.717) is 0 Å². The number of nitrogens with zero attached hydrogens (tertiary/aromatic N) is 4. The summed E-state index contributed by atoms with van der Waals surface area (Å²) in [6.07, 6.45) is 5.83. The van der Waals surface area contributed by atoms with Gasteiger partial charge in [-0.15, -0.1) is 0 Å². The van der Waals surface area contributed by atoms with Crippen LogP contribution in [0.25, 0.3) is 23.3 Å². The first-order valence-corrected chi connectivity index (χ1v) is 10.1. The molecule has 3 aromatic rings. The highest BCUT2D eigenvalue weighted by molar-refractivity contribution is 5.82. The number of hydrogen-bond acceptors (Lipinski definition) is 4. The molecular formula is C26H30N4. The van der Waals surface area contributed by atoms with Crippen molar-refractivity contribution in [3.05, 3.63) is 83.4 Å². The molecule has 2 aromatic carbocycles. The zero-order valence-electron chi connectivity index (χ0n) is 18.7. The second kappa shape index (κ2) is 9.40. The van der Waals surface area contributed by atoms with Crippen LogP contribution in [0.5, 0.6) is 0 Å².